The van der Waals surface area contributed by atoms with Crippen LogP contribution >= 0.6 is 11.8 Å². The fourth-order valence-electron chi connectivity index (χ4n) is 5.28. The number of hydrogen-bond donors (Lipinski definition) is 3. The molecule has 160 valence electrons. The van der Waals surface area contributed by atoms with Gasteiger partial charge < -0.3 is 15.7 Å². The predicted octanol–water partition coefficient (Wildman–Crippen LogP) is 3.53. The van der Waals surface area contributed by atoms with Gasteiger partial charge in [-0.05, 0) is 66.9 Å². The Balaban J connectivity index is 1.91. The molecule has 1 fully saturated rings. The second kappa shape index (κ2) is 9.41. The normalized spacial score (nSPS) is 27.1. The molecule has 0 aliphatic heterocycles. The molecule has 1 saturated carbocycles. The fraction of sp³-hybridized carbons (Fsp3) is 0.652. The SMILES string of the molecule is CSCC[C@H](NC(C)=O)C(=O)N[C@H]1[C@H]2CCCCC[C@]1(C)c1cc(O)ccc1C2. The number of aromatic hydroxyl groups is 1. The highest BCUT2D eigenvalue weighted by atomic mass is 32.2. The number of phenolic OH excluding ortho intramolecular Hbond substituents is 1. The van der Waals surface area contributed by atoms with Crippen LogP contribution in [0.4, 0.5) is 0 Å². The van der Waals surface area contributed by atoms with Crippen molar-refractivity contribution in [1.82, 2.24) is 10.6 Å². The Hall–Kier alpha value is -1.69. The summed E-state index contributed by atoms with van der Waals surface area (Å²) in [6.07, 6.45) is 9.14. The van der Waals surface area contributed by atoms with Crippen molar-refractivity contribution in [2.75, 3.05) is 12.0 Å². The highest BCUT2D eigenvalue weighted by Gasteiger charge is 2.47. The largest absolute Gasteiger partial charge is 0.508 e. The molecule has 1 aromatic rings. The summed E-state index contributed by atoms with van der Waals surface area (Å²) in [5.41, 5.74) is 2.25. The summed E-state index contributed by atoms with van der Waals surface area (Å²) in [6, 6.07) is 5.23. The first-order chi connectivity index (χ1) is 13.8. The minimum absolute atomic E-state index is 0.00939. The molecule has 0 radical (unpaired) electrons. The maximum absolute atomic E-state index is 13.2. The standard InChI is InChI=1S/C23H34N2O3S/c1-15(26)24-20(10-12-29-3)22(28)25-21-17-7-5-4-6-11-23(21,2)19-14-18(27)9-8-16(19)13-17/h8-9,14,17,20-21,27H,4-7,10-13H2,1-3H3,(H,24,26)(H,25,28)/t17-,20-,21-,23+/m0/s1. The van der Waals surface area contributed by atoms with E-state index in [9.17, 15) is 14.7 Å². The zero-order valence-corrected chi connectivity index (χ0v) is 18.6. The van der Waals surface area contributed by atoms with Crippen molar-refractivity contribution >= 4 is 23.6 Å². The molecule has 1 aromatic carbocycles. The van der Waals surface area contributed by atoms with Crippen molar-refractivity contribution in [1.29, 1.82) is 0 Å². The first-order valence-electron chi connectivity index (χ1n) is 10.7. The number of nitrogens with one attached hydrogen (secondary N) is 2. The van der Waals surface area contributed by atoms with Crippen LogP contribution in [0.2, 0.25) is 0 Å². The number of carbonyl (C=O) groups excluding carboxylic acids is 2. The van der Waals surface area contributed by atoms with Crippen molar-refractivity contribution in [2.24, 2.45) is 5.92 Å². The van der Waals surface area contributed by atoms with Crippen LogP contribution in [0.5, 0.6) is 5.75 Å². The molecule has 6 heteroatoms. The third-order valence-electron chi connectivity index (χ3n) is 6.72. The summed E-state index contributed by atoms with van der Waals surface area (Å²) < 4.78 is 0. The molecule has 5 nitrogen and oxygen atoms in total. The van der Waals surface area contributed by atoms with Gasteiger partial charge >= 0.3 is 0 Å². The molecule has 0 spiro atoms. The number of carbonyl (C=O) groups is 2. The minimum atomic E-state index is -0.502. The van der Waals surface area contributed by atoms with E-state index in [2.05, 4.69) is 17.6 Å². The van der Waals surface area contributed by atoms with Gasteiger partial charge in [-0.15, -0.1) is 0 Å². The molecule has 0 unspecified atom stereocenters. The monoisotopic (exact) mass is 418 g/mol. The number of hydrogen-bond acceptors (Lipinski definition) is 4. The van der Waals surface area contributed by atoms with Gasteiger partial charge in [0.15, 0.2) is 0 Å². The van der Waals surface area contributed by atoms with E-state index in [1.165, 1.54) is 30.9 Å². The smallest absolute Gasteiger partial charge is 0.242 e. The topological polar surface area (TPSA) is 78.4 Å². The summed E-state index contributed by atoms with van der Waals surface area (Å²) in [5, 5.41) is 16.3. The van der Waals surface area contributed by atoms with Gasteiger partial charge in [0.25, 0.3) is 0 Å². The van der Waals surface area contributed by atoms with Crippen LogP contribution < -0.4 is 10.6 Å². The molecule has 0 saturated heterocycles. The first kappa shape index (κ1) is 22.0. The first-order valence-corrected chi connectivity index (χ1v) is 12.1. The van der Waals surface area contributed by atoms with Crippen LogP contribution in [0.25, 0.3) is 0 Å². The van der Waals surface area contributed by atoms with Crippen LogP contribution in [0.1, 0.15) is 63.5 Å². The zero-order valence-electron chi connectivity index (χ0n) is 17.8. The molecular formula is C23H34N2O3S. The lowest BCUT2D eigenvalue weighted by Crippen LogP contribution is -2.60. The van der Waals surface area contributed by atoms with Gasteiger partial charge in [0.2, 0.25) is 11.8 Å². The molecule has 29 heavy (non-hydrogen) atoms. The van der Waals surface area contributed by atoms with Gasteiger partial charge in [0, 0.05) is 18.4 Å². The summed E-state index contributed by atoms with van der Waals surface area (Å²) in [4.78, 5) is 24.9. The quantitative estimate of drug-likeness (QED) is 0.660. The molecule has 4 atom stereocenters. The zero-order chi connectivity index (χ0) is 21.0. The molecule has 0 aromatic heterocycles. The van der Waals surface area contributed by atoms with Crippen molar-refractivity contribution in [3.63, 3.8) is 0 Å². The molecule has 2 aliphatic carbocycles. The van der Waals surface area contributed by atoms with Gasteiger partial charge in [-0.2, -0.15) is 11.8 Å². The van der Waals surface area contributed by atoms with Crippen LogP contribution in [0, 0.1) is 5.92 Å². The molecule has 0 heterocycles. The van der Waals surface area contributed by atoms with Gasteiger partial charge in [-0.1, -0.05) is 32.3 Å². The number of thioether (sulfide) groups is 1. The number of rotatable bonds is 6. The lowest BCUT2D eigenvalue weighted by atomic mass is 9.59. The van der Waals surface area contributed by atoms with Crippen molar-refractivity contribution in [2.45, 2.75) is 76.3 Å². The van der Waals surface area contributed by atoms with E-state index in [-0.39, 0.29) is 29.0 Å². The third kappa shape index (κ3) is 4.90. The Morgan fingerprint density at radius 3 is 2.83 bits per heavy atom. The fourth-order valence-corrected chi connectivity index (χ4v) is 5.75. The maximum atomic E-state index is 13.2. The summed E-state index contributed by atoms with van der Waals surface area (Å²) in [7, 11) is 0. The average Bonchev–Trinajstić information content (AvgIpc) is 2.67. The van der Waals surface area contributed by atoms with E-state index in [1.54, 1.807) is 17.8 Å². The lowest BCUT2D eigenvalue weighted by Gasteiger charge is -2.49. The van der Waals surface area contributed by atoms with Gasteiger partial charge in [0.1, 0.15) is 11.8 Å². The summed E-state index contributed by atoms with van der Waals surface area (Å²) in [6.45, 7) is 3.70. The van der Waals surface area contributed by atoms with E-state index in [0.717, 1.165) is 31.4 Å². The maximum Gasteiger partial charge on any atom is 0.242 e. The van der Waals surface area contributed by atoms with E-state index >= 15 is 0 Å². The van der Waals surface area contributed by atoms with E-state index < -0.39 is 6.04 Å². The van der Waals surface area contributed by atoms with E-state index in [1.807, 2.05) is 18.4 Å². The second-order valence-electron chi connectivity index (χ2n) is 8.84. The third-order valence-corrected chi connectivity index (χ3v) is 7.37. The second-order valence-corrected chi connectivity index (χ2v) is 9.83. The van der Waals surface area contributed by atoms with Gasteiger partial charge in [0.05, 0.1) is 0 Å². The van der Waals surface area contributed by atoms with Crippen LogP contribution in [-0.4, -0.2) is 41.0 Å². The van der Waals surface area contributed by atoms with Crippen molar-refractivity contribution in [3.8, 4) is 5.75 Å². The summed E-state index contributed by atoms with van der Waals surface area (Å²) in [5.74, 6) is 1.22. The molecule has 3 rings (SSSR count). The number of amides is 2. The predicted molar refractivity (Wildman–Crippen MR) is 118 cm³/mol. The highest BCUT2D eigenvalue weighted by Crippen LogP contribution is 2.47. The Bertz CT molecular complexity index is 754. The van der Waals surface area contributed by atoms with Crippen molar-refractivity contribution in [3.05, 3.63) is 29.3 Å². The molecule has 2 amide bonds. The highest BCUT2D eigenvalue weighted by molar-refractivity contribution is 7.98. The average molecular weight is 419 g/mol. The Labute approximate surface area is 178 Å². The number of phenols is 1. The summed E-state index contributed by atoms with van der Waals surface area (Å²) >= 11 is 1.68. The Morgan fingerprint density at radius 2 is 2.10 bits per heavy atom. The molecule has 2 bridgehead atoms. The Kier molecular flexibility index (Phi) is 7.14. The van der Waals surface area contributed by atoms with E-state index in [4.69, 9.17) is 0 Å². The van der Waals surface area contributed by atoms with Crippen LogP contribution in [0.3, 0.4) is 0 Å². The molecule has 3 N–H and O–H groups in total. The van der Waals surface area contributed by atoms with Gasteiger partial charge in [-0.3, -0.25) is 9.59 Å². The molecule has 2 aliphatic rings. The van der Waals surface area contributed by atoms with Crippen LogP contribution in [-0.2, 0) is 21.4 Å². The number of benzene rings is 1. The molecular weight excluding hydrogens is 384 g/mol. The Morgan fingerprint density at radius 1 is 1.31 bits per heavy atom. The number of fused-ring (bicyclic) bond motifs is 4. The van der Waals surface area contributed by atoms with Crippen LogP contribution in [0.15, 0.2) is 18.2 Å². The van der Waals surface area contributed by atoms with Crippen molar-refractivity contribution < 1.29 is 14.7 Å². The minimum Gasteiger partial charge on any atom is -0.508 e. The van der Waals surface area contributed by atoms with E-state index in [0.29, 0.717) is 12.3 Å². The van der Waals surface area contributed by atoms with Gasteiger partial charge in [-0.25, -0.2) is 0 Å². The lowest BCUT2D eigenvalue weighted by molar-refractivity contribution is -0.129.